The molecule has 2 heterocycles. The van der Waals surface area contributed by atoms with E-state index in [1.165, 1.54) is 11.5 Å². The maximum atomic E-state index is 11.9. The van der Waals surface area contributed by atoms with Gasteiger partial charge < -0.3 is 5.32 Å². The number of carbonyl (C=O) groups is 1. The fourth-order valence-electron chi connectivity index (χ4n) is 1.86. The molecule has 3 rings (SSSR count). The third-order valence-corrected chi connectivity index (χ3v) is 5.89. The molecule has 0 aromatic carbocycles. The van der Waals surface area contributed by atoms with Gasteiger partial charge in [-0.3, -0.25) is 9.89 Å². The summed E-state index contributed by atoms with van der Waals surface area (Å²) >= 11 is 3.89. The molecule has 0 radical (unpaired) electrons. The Morgan fingerprint density at radius 1 is 1.44 bits per heavy atom. The minimum Gasteiger partial charge on any atom is -0.348 e. The molecule has 2 aliphatic rings. The maximum absolute atomic E-state index is 11.9. The lowest BCUT2D eigenvalue weighted by Crippen LogP contribution is -2.34. The lowest BCUT2D eigenvalue weighted by molar-refractivity contribution is 0.0944. The van der Waals surface area contributed by atoms with Gasteiger partial charge in [-0.05, 0) is 12.8 Å². The summed E-state index contributed by atoms with van der Waals surface area (Å²) in [6.45, 7) is 0.712. The number of H-pyrrole nitrogens is 1. The predicted molar refractivity (Wildman–Crippen MR) is 74.3 cm³/mol. The van der Waals surface area contributed by atoms with Crippen molar-refractivity contribution < 1.29 is 4.79 Å². The summed E-state index contributed by atoms with van der Waals surface area (Å²) < 4.78 is 0. The monoisotopic (exact) mass is 284 g/mol. The molecule has 2 fully saturated rings. The fourth-order valence-corrected chi connectivity index (χ4v) is 4.47. The SMILES string of the molecule is O=C(NCC1CSCCS1)c1n[nH]c(C2CC2)n1. The first kappa shape index (κ1) is 12.3. The second-order valence-corrected chi connectivity index (χ2v) is 7.15. The highest BCUT2D eigenvalue weighted by atomic mass is 32.2. The van der Waals surface area contributed by atoms with Crippen LogP contribution in [0.4, 0.5) is 0 Å². The van der Waals surface area contributed by atoms with Crippen LogP contribution >= 0.6 is 23.5 Å². The molecule has 1 aromatic heterocycles. The highest BCUT2D eigenvalue weighted by Crippen LogP contribution is 2.37. The summed E-state index contributed by atoms with van der Waals surface area (Å²) in [4.78, 5) is 16.1. The Morgan fingerprint density at radius 2 is 2.33 bits per heavy atom. The molecule has 5 nitrogen and oxygen atoms in total. The number of hydrogen-bond acceptors (Lipinski definition) is 5. The maximum Gasteiger partial charge on any atom is 0.290 e. The van der Waals surface area contributed by atoms with Crippen LogP contribution in [0.3, 0.4) is 0 Å². The Bertz CT molecular complexity index is 426. The number of rotatable bonds is 4. The van der Waals surface area contributed by atoms with E-state index in [1.54, 1.807) is 0 Å². The van der Waals surface area contributed by atoms with Crippen molar-refractivity contribution in [3.63, 3.8) is 0 Å². The Morgan fingerprint density at radius 3 is 3.06 bits per heavy atom. The van der Waals surface area contributed by atoms with E-state index in [2.05, 4.69) is 20.5 Å². The molecule has 2 N–H and O–H groups in total. The minimum atomic E-state index is -0.158. The Hall–Kier alpha value is -0.690. The van der Waals surface area contributed by atoms with Gasteiger partial charge in [0.25, 0.3) is 5.91 Å². The predicted octanol–water partition coefficient (Wildman–Crippen LogP) is 1.26. The molecule has 1 atom stereocenters. The number of aromatic nitrogens is 3. The summed E-state index contributed by atoms with van der Waals surface area (Å²) in [6.07, 6.45) is 2.32. The molecule has 98 valence electrons. The smallest absolute Gasteiger partial charge is 0.290 e. The third-order valence-electron chi connectivity index (χ3n) is 3.05. The summed E-state index contributed by atoms with van der Waals surface area (Å²) in [5.41, 5.74) is 0. The number of aromatic amines is 1. The topological polar surface area (TPSA) is 70.7 Å². The Labute approximate surface area is 114 Å². The lowest BCUT2D eigenvalue weighted by atomic mass is 10.4. The average molecular weight is 284 g/mol. The van der Waals surface area contributed by atoms with E-state index >= 15 is 0 Å². The second kappa shape index (κ2) is 5.52. The molecule has 0 bridgehead atoms. The molecule has 0 spiro atoms. The molecule has 1 unspecified atom stereocenters. The van der Waals surface area contributed by atoms with Gasteiger partial charge in [-0.1, -0.05) is 0 Å². The van der Waals surface area contributed by atoms with E-state index in [0.717, 1.165) is 24.4 Å². The van der Waals surface area contributed by atoms with E-state index in [4.69, 9.17) is 0 Å². The number of hydrogen-bond donors (Lipinski definition) is 2. The van der Waals surface area contributed by atoms with Crippen LogP contribution in [0.15, 0.2) is 0 Å². The first-order chi connectivity index (χ1) is 8.83. The van der Waals surface area contributed by atoms with Crippen molar-refractivity contribution in [2.45, 2.75) is 24.0 Å². The van der Waals surface area contributed by atoms with Crippen molar-refractivity contribution in [2.24, 2.45) is 0 Å². The molecule has 7 heteroatoms. The quantitative estimate of drug-likeness (QED) is 0.871. The number of nitrogens with one attached hydrogen (secondary N) is 2. The Balaban J connectivity index is 1.50. The summed E-state index contributed by atoms with van der Waals surface area (Å²) in [5, 5.41) is 10.3. The molecule has 1 aromatic rings. The zero-order valence-electron chi connectivity index (χ0n) is 10.0. The van der Waals surface area contributed by atoms with Crippen molar-refractivity contribution in [1.29, 1.82) is 0 Å². The number of carbonyl (C=O) groups excluding carboxylic acids is 1. The van der Waals surface area contributed by atoms with E-state index in [0.29, 0.717) is 17.7 Å². The zero-order valence-corrected chi connectivity index (χ0v) is 11.6. The number of thioether (sulfide) groups is 2. The van der Waals surface area contributed by atoms with E-state index < -0.39 is 0 Å². The van der Waals surface area contributed by atoms with Gasteiger partial charge in [0, 0.05) is 35.0 Å². The third kappa shape index (κ3) is 3.00. The van der Waals surface area contributed by atoms with E-state index in [9.17, 15) is 4.79 Å². The van der Waals surface area contributed by atoms with Crippen molar-refractivity contribution in [2.75, 3.05) is 23.8 Å². The van der Waals surface area contributed by atoms with Crippen LogP contribution in [0.2, 0.25) is 0 Å². The van der Waals surface area contributed by atoms with Gasteiger partial charge in [-0.15, -0.1) is 5.10 Å². The van der Waals surface area contributed by atoms with Crippen LogP contribution in [0.25, 0.3) is 0 Å². The van der Waals surface area contributed by atoms with Crippen molar-refractivity contribution >= 4 is 29.4 Å². The molecule has 1 aliphatic carbocycles. The first-order valence-corrected chi connectivity index (χ1v) is 8.43. The zero-order chi connectivity index (χ0) is 12.4. The van der Waals surface area contributed by atoms with Gasteiger partial charge in [0.2, 0.25) is 5.82 Å². The molecule has 1 saturated carbocycles. The van der Waals surface area contributed by atoms with Crippen LogP contribution in [-0.2, 0) is 0 Å². The second-order valence-electron chi connectivity index (χ2n) is 4.60. The van der Waals surface area contributed by atoms with Crippen molar-refractivity contribution in [1.82, 2.24) is 20.5 Å². The molecular formula is C11H16N4OS2. The van der Waals surface area contributed by atoms with E-state index in [-0.39, 0.29) is 11.7 Å². The lowest BCUT2D eigenvalue weighted by Gasteiger charge is -2.20. The van der Waals surface area contributed by atoms with Crippen molar-refractivity contribution in [3.8, 4) is 0 Å². The largest absolute Gasteiger partial charge is 0.348 e. The van der Waals surface area contributed by atoms with Crippen LogP contribution in [0.5, 0.6) is 0 Å². The van der Waals surface area contributed by atoms with Crippen LogP contribution in [0, 0.1) is 0 Å². The summed E-state index contributed by atoms with van der Waals surface area (Å²) in [7, 11) is 0. The van der Waals surface area contributed by atoms with Gasteiger partial charge in [0.1, 0.15) is 5.82 Å². The van der Waals surface area contributed by atoms with Gasteiger partial charge in [0.15, 0.2) is 0 Å². The molecule has 1 aliphatic heterocycles. The van der Waals surface area contributed by atoms with Crippen LogP contribution in [0.1, 0.15) is 35.2 Å². The van der Waals surface area contributed by atoms with Gasteiger partial charge in [0.05, 0.1) is 0 Å². The van der Waals surface area contributed by atoms with Crippen LogP contribution in [-0.4, -0.2) is 50.1 Å². The van der Waals surface area contributed by atoms with Gasteiger partial charge in [-0.2, -0.15) is 23.5 Å². The van der Waals surface area contributed by atoms with E-state index in [1.807, 2.05) is 23.5 Å². The standard InChI is InChI=1S/C11H16N4OS2/c16-11(12-5-8-6-17-3-4-18-8)10-13-9(14-15-10)7-1-2-7/h7-8H,1-6H2,(H,12,16)(H,13,14,15). The normalized spacial score (nSPS) is 23.9. The van der Waals surface area contributed by atoms with Crippen molar-refractivity contribution in [3.05, 3.63) is 11.6 Å². The molecular weight excluding hydrogens is 268 g/mol. The fraction of sp³-hybridized carbons (Fsp3) is 0.727. The highest BCUT2D eigenvalue weighted by Gasteiger charge is 2.28. The molecule has 18 heavy (non-hydrogen) atoms. The van der Waals surface area contributed by atoms with Gasteiger partial charge >= 0.3 is 0 Å². The van der Waals surface area contributed by atoms with Crippen LogP contribution < -0.4 is 5.32 Å². The molecule has 1 amide bonds. The molecule has 1 saturated heterocycles. The number of nitrogens with zero attached hydrogens (tertiary/aromatic N) is 2. The van der Waals surface area contributed by atoms with Gasteiger partial charge in [-0.25, -0.2) is 4.98 Å². The summed E-state index contributed by atoms with van der Waals surface area (Å²) in [6, 6.07) is 0. The average Bonchev–Trinajstić information content (AvgIpc) is 3.15. The minimum absolute atomic E-state index is 0.158. The Kier molecular flexibility index (Phi) is 3.79. The first-order valence-electron chi connectivity index (χ1n) is 6.23. The number of amides is 1. The summed E-state index contributed by atoms with van der Waals surface area (Å²) in [5.74, 6) is 5.01. The highest BCUT2D eigenvalue weighted by molar-refractivity contribution is 8.06.